The number of carbonyl (C=O) groups is 3. The van der Waals surface area contributed by atoms with Crippen LogP contribution in [0.25, 0.3) is 0 Å². The van der Waals surface area contributed by atoms with E-state index in [0.717, 1.165) is 4.90 Å². The molecule has 0 atom stereocenters. The SMILES string of the molecule is O=C(NCCN1CCOC1=O)C1CCN(C(=O)C(F)(F)F)CC1. The number of piperidine rings is 1. The molecule has 2 aliphatic heterocycles. The molecule has 2 rings (SSSR count). The number of hydrogen-bond donors (Lipinski definition) is 1. The summed E-state index contributed by atoms with van der Waals surface area (Å²) in [5.74, 6) is -2.54. The highest BCUT2D eigenvalue weighted by Crippen LogP contribution is 2.23. The van der Waals surface area contributed by atoms with Gasteiger partial charge in [0.2, 0.25) is 5.91 Å². The fourth-order valence-electron chi connectivity index (χ4n) is 2.61. The summed E-state index contributed by atoms with van der Waals surface area (Å²) in [6.45, 7) is 1.22. The molecule has 10 heteroatoms. The second kappa shape index (κ2) is 7.05. The molecule has 0 aromatic heterocycles. The highest BCUT2D eigenvalue weighted by molar-refractivity contribution is 5.83. The van der Waals surface area contributed by atoms with Crippen molar-refractivity contribution < 1.29 is 32.3 Å². The molecule has 2 heterocycles. The smallest absolute Gasteiger partial charge is 0.448 e. The third kappa shape index (κ3) is 4.49. The van der Waals surface area contributed by atoms with Crippen LogP contribution in [0.1, 0.15) is 12.8 Å². The predicted molar refractivity (Wildman–Crippen MR) is 71.3 cm³/mol. The van der Waals surface area contributed by atoms with Crippen LogP contribution in [0, 0.1) is 5.92 Å². The minimum absolute atomic E-state index is 0.0884. The number of carbonyl (C=O) groups excluding carboxylic acids is 3. The average Bonchev–Trinajstić information content (AvgIpc) is 2.91. The van der Waals surface area contributed by atoms with Gasteiger partial charge in [0.15, 0.2) is 0 Å². The topological polar surface area (TPSA) is 79.0 Å². The second-order valence-corrected chi connectivity index (χ2v) is 5.46. The third-order valence-electron chi connectivity index (χ3n) is 3.92. The Morgan fingerprint density at radius 2 is 1.87 bits per heavy atom. The van der Waals surface area contributed by atoms with Crippen LogP contribution < -0.4 is 5.32 Å². The summed E-state index contributed by atoms with van der Waals surface area (Å²) in [4.78, 5) is 36.4. The van der Waals surface area contributed by atoms with E-state index < -0.39 is 24.1 Å². The van der Waals surface area contributed by atoms with Crippen molar-refractivity contribution in [2.45, 2.75) is 19.0 Å². The van der Waals surface area contributed by atoms with Gasteiger partial charge in [-0.15, -0.1) is 0 Å². The molecule has 130 valence electrons. The van der Waals surface area contributed by atoms with Gasteiger partial charge in [0, 0.05) is 32.1 Å². The van der Waals surface area contributed by atoms with Crippen LogP contribution in [-0.4, -0.2) is 73.2 Å². The Labute approximate surface area is 130 Å². The molecule has 0 saturated carbocycles. The van der Waals surface area contributed by atoms with Crippen LogP contribution >= 0.6 is 0 Å². The Morgan fingerprint density at radius 3 is 2.39 bits per heavy atom. The zero-order valence-electron chi connectivity index (χ0n) is 12.4. The number of rotatable bonds is 4. The fraction of sp³-hybridized carbons (Fsp3) is 0.769. The molecule has 0 aromatic rings. The van der Waals surface area contributed by atoms with Crippen molar-refractivity contribution in [3.8, 4) is 0 Å². The highest BCUT2D eigenvalue weighted by atomic mass is 19.4. The van der Waals surface area contributed by atoms with E-state index in [4.69, 9.17) is 4.74 Å². The van der Waals surface area contributed by atoms with Gasteiger partial charge >= 0.3 is 18.2 Å². The quantitative estimate of drug-likeness (QED) is 0.803. The number of amides is 3. The van der Waals surface area contributed by atoms with Crippen molar-refractivity contribution >= 4 is 17.9 Å². The second-order valence-electron chi connectivity index (χ2n) is 5.46. The maximum absolute atomic E-state index is 12.3. The largest absolute Gasteiger partial charge is 0.471 e. The summed E-state index contributed by atoms with van der Waals surface area (Å²) in [5, 5.41) is 2.66. The molecule has 7 nitrogen and oxygen atoms in total. The fourth-order valence-corrected chi connectivity index (χ4v) is 2.61. The molecule has 23 heavy (non-hydrogen) atoms. The lowest BCUT2D eigenvalue weighted by Crippen LogP contribution is -2.48. The zero-order valence-corrected chi connectivity index (χ0v) is 12.4. The normalized spacial score (nSPS) is 19.7. The molecule has 2 aliphatic rings. The van der Waals surface area contributed by atoms with E-state index in [2.05, 4.69) is 5.32 Å². The van der Waals surface area contributed by atoms with E-state index in [9.17, 15) is 27.6 Å². The van der Waals surface area contributed by atoms with Crippen LogP contribution in [0.4, 0.5) is 18.0 Å². The maximum Gasteiger partial charge on any atom is 0.471 e. The van der Waals surface area contributed by atoms with Crippen molar-refractivity contribution in [1.82, 2.24) is 15.1 Å². The lowest BCUT2D eigenvalue weighted by atomic mass is 9.96. The first-order valence-corrected chi connectivity index (χ1v) is 7.34. The molecule has 0 aromatic carbocycles. The molecule has 0 radical (unpaired) electrons. The molecule has 3 amide bonds. The Hall–Kier alpha value is -2.00. The van der Waals surface area contributed by atoms with E-state index in [1.807, 2.05) is 0 Å². The number of nitrogens with one attached hydrogen (secondary N) is 1. The van der Waals surface area contributed by atoms with Gasteiger partial charge in [-0.3, -0.25) is 9.59 Å². The van der Waals surface area contributed by atoms with E-state index in [-0.39, 0.29) is 38.4 Å². The third-order valence-corrected chi connectivity index (χ3v) is 3.92. The summed E-state index contributed by atoms with van der Waals surface area (Å²) in [5.41, 5.74) is 0. The summed E-state index contributed by atoms with van der Waals surface area (Å²) in [6.07, 6.45) is -4.91. The Kier molecular flexibility index (Phi) is 5.32. The molecule has 0 spiro atoms. The van der Waals surface area contributed by atoms with Crippen LogP contribution in [0.2, 0.25) is 0 Å². The van der Waals surface area contributed by atoms with Crippen molar-refractivity contribution in [2.24, 2.45) is 5.92 Å². The Bertz CT molecular complexity index is 476. The Morgan fingerprint density at radius 1 is 1.22 bits per heavy atom. The van der Waals surface area contributed by atoms with Gasteiger partial charge in [-0.2, -0.15) is 13.2 Å². The number of ether oxygens (including phenoxy) is 1. The minimum atomic E-state index is -4.88. The highest BCUT2D eigenvalue weighted by Gasteiger charge is 2.43. The predicted octanol–water partition coefficient (Wildman–Crippen LogP) is 0.356. The van der Waals surface area contributed by atoms with E-state index in [1.54, 1.807) is 0 Å². The zero-order chi connectivity index (χ0) is 17.0. The van der Waals surface area contributed by atoms with E-state index in [0.29, 0.717) is 19.7 Å². The van der Waals surface area contributed by atoms with Gasteiger partial charge in [0.25, 0.3) is 0 Å². The Balaban J connectivity index is 1.69. The molecular weight excluding hydrogens is 319 g/mol. The van der Waals surface area contributed by atoms with Crippen molar-refractivity contribution in [3.63, 3.8) is 0 Å². The molecular formula is C13H18F3N3O4. The van der Waals surface area contributed by atoms with Gasteiger partial charge < -0.3 is 19.9 Å². The van der Waals surface area contributed by atoms with Gasteiger partial charge in [0.1, 0.15) is 6.61 Å². The number of cyclic esters (lactones) is 1. The monoisotopic (exact) mass is 337 g/mol. The molecule has 0 bridgehead atoms. The van der Waals surface area contributed by atoms with Crippen molar-refractivity contribution in [2.75, 3.05) is 39.3 Å². The summed E-state index contributed by atoms with van der Waals surface area (Å²) < 4.78 is 41.7. The number of likely N-dealkylation sites (tertiary alicyclic amines) is 1. The average molecular weight is 337 g/mol. The van der Waals surface area contributed by atoms with E-state index in [1.165, 1.54) is 4.90 Å². The molecule has 2 fully saturated rings. The number of halogens is 3. The first-order chi connectivity index (χ1) is 10.8. The summed E-state index contributed by atoms with van der Waals surface area (Å²) >= 11 is 0. The van der Waals surface area contributed by atoms with Crippen molar-refractivity contribution in [3.05, 3.63) is 0 Å². The first kappa shape index (κ1) is 17.4. The molecule has 2 saturated heterocycles. The first-order valence-electron chi connectivity index (χ1n) is 7.34. The van der Waals surface area contributed by atoms with Crippen molar-refractivity contribution in [1.29, 1.82) is 0 Å². The van der Waals surface area contributed by atoms with Gasteiger partial charge in [-0.05, 0) is 12.8 Å². The lowest BCUT2D eigenvalue weighted by Gasteiger charge is -2.31. The maximum atomic E-state index is 12.3. The van der Waals surface area contributed by atoms with Crippen LogP contribution in [-0.2, 0) is 14.3 Å². The van der Waals surface area contributed by atoms with Gasteiger partial charge in [-0.1, -0.05) is 0 Å². The summed E-state index contributed by atoms with van der Waals surface area (Å²) in [7, 11) is 0. The molecule has 0 unspecified atom stereocenters. The minimum Gasteiger partial charge on any atom is -0.448 e. The van der Waals surface area contributed by atoms with Gasteiger partial charge in [0.05, 0.1) is 6.54 Å². The number of hydrogen-bond acceptors (Lipinski definition) is 4. The summed E-state index contributed by atoms with van der Waals surface area (Å²) in [6, 6.07) is 0. The van der Waals surface area contributed by atoms with E-state index >= 15 is 0 Å². The number of alkyl halides is 3. The van der Waals surface area contributed by atoms with Crippen LogP contribution in [0.5, 0.6) is 0 Å². The standard InChI is InChI=1S/C13H18F3N3O4/c14-13(15,16)11(21)18-4-1-9(2-5-18)10(20)17-3-6-19-7-8-23-12(19)22/h9H,1-8H2,(H,17,20). The number of nitrogens with zero attached hydrogens (tertiary/aromatic N) is 2. The molecule has 0 aliphatic carbocycles. The molecule has 1 N–H and O–H groups in total. The van der Waals surface area contributed by atoms with Gasteiger partial charge in [-0.25, -0.2) is 4.79 Å². The van der Waals surface area contributed by atoms with Crippen LogP contribution in [0.3, 0.4) is 0 Å². The lowest BCUT2D eigenvalue weighted by molar-refractivity contribution is -0.186. The van der Waals surface area contributed by atoms with Crippen LogP contribution in [0.15, 0.2) is 0 Å².